The van der Waals surface area contributed by atoms with Crippen molar-refractivity contribution in [2.45, 2.75) is 53.3 Å². The molecule has 8 heteroatoms. The number of nitrogens with zero attached hydrogens (tertiary/aromatic N) is 2. The standard InChI is InChI=1S/C15H25F3N4S/c1-5-19-13(20-8-6-7-14(2,3)4)21-9-12-22-11(10-23-12)15(16,17)18/h10H,5-9H2,1-4H3,(H2,19,20,21). The third-order valence-electron chi connectivity index (χ3n) is 2.95. The average molecular weight is 350 g/mol. The minimum atomic E-state index is -4.39. The van der Waals surface area contributed by atoms with Gasteiger partial charge in [-0.25, -0.2) is 9.98 Å². The lowest BCUT2D eigenvalue weighted by Gasteiger charge is -2.18. The summed E-state index contributed by atoms with van der Waals surface area (Å²) in [6, 6.07) is 0. The Kier molecular flexibility index (Phi) is 7.31. The highest BCUT2D eigenvalue weighted by Gasteiger charge is 2.33. The largest absolute Gasteiger partial charge is 0.434 e. The van der Waals surface area contributed by atoms with Crippen molar-refractivity contribution >= 4 is 17.3 Å². The molecule has 23 heavy (non-hydrogen) atoms. The second kappa shape index (κ2) is 8.52. The van der Waals surface area contributed by atoms with Crippen LogP contribution in [0.15, 0.2) is 10.4 Å². The van der Waals surface area contributed by atoms with Gasteiger partial charge in [-0.2, -0.15) is 13.2 Å². The lowest BCUT2D eigenvalue weighted by molar-refractivity contribution is -0.140. The molecule has 1 heterocycles. The van der Waals surface area contributed by atoms with Gasteiger partial charge in [-0.05, 0) is 25.2 Å². The van der Waals surface area contributed by atoms with E-state index < -0.39 is 11.9 Å². The van der Waals surface area contributed by atoms with Gasteiger partial charge in [-0.3, -0.25) is 0 Å². The van der Waals surface area contributed by atoms with Gasteiger partial charge in [-0.15, -0.1) is 11.3 Å². The molecule has 0 saturated carbocycles. The van der Waals surface area contributed by atoms with Crippen LogP contribution in [0, 0.1) is 5.41 Å². The molecule has 0 amide bonds. The molecular formula is C15H25F3N4S. The predicted octanol–water partition coefficient (Wildman–Crippen LogP) is 4.04. The number of alkyl halides is 3. The van der Waals surface area contributed by atoms with Crippen LogP contribution < -0.4 is 10.6 Å². The van der Waals surface area contributed by atoms with Crippen LogP contribution >= 0.6 is 11.3 Å². The number of rotatable bonds is 6. The van der Waals surface area contributed by atoms with Crippen molar-refractivity contribution in [3.63, 3.8) is 0 Å². The molecule has 0 aliphatic heterocycles. The molecule has 0 saturated heterocycles. The highest BCUT2D eigenvalue weighted by molar-refractivity contribution is 7.09. The third-order valence-corrected chi connectivity index (χ3v) is 3.79. The van der Waals surface area contributed by atoms with E-state index >= 15 is 0 Å². The third kappa shape index (κ3) is 8.20. The summed E-state index contributed by atoms with van der Waals surface area (Å²) in [4.78, 5) is 7.86. The predicted molar refractivity (Wildman–Crippen MR) is 88.6 cm³/mol. The van der Waals surface area contributed by atoms with Crippen molar-refractivity contribution in [1.82, 2.24) is 15.6 Å². The number of hydrogen-bond donors (Lipinski definition) is 2. The Labute approximate surface area is 139 Å². The molecule has 132 valence electrons. The summed E-state index contributed by atoms with van der Waals surface area (Å²) >= 11 is 0.974. The fourth-order valence-corrected chi connectivity index (χ4v) is 2.55. The van der Waals surface area contributed by atoms with Gasteiger partial charge in [0.2, 0.25) is 0 Å². The van der Waals surface area contributed by atoms with Crippen molar-refractivity contribution in [3.8, 4) is 0 Å². The lowest BCUT2D eigenvalue weighted by atomic mass is 9.91. The number of halogens is 3. The Balaban J connectivity index is 2.53. The van der Waals surface area contributed by atoms with Crippen LogP contribution in [-0.4, -0.2) is 24.0 Å². The maximum absolute atomic E-state index is 12.5. The minimum Gasteiger partial charge on any atom is -0.357 e. The van der Waals surface area contributed by atoms with E-state index in [-0.39, 0.29) is 12.0 Å². The molecule has 0 aliphatic rings. The van der Waals surface area contributed by atoms with E-state index in [9.17, 15) is 13.2 Å². The molecule has 0 spiro atoms. The summed E-state index contributed by atoms with van der Waals surface area (Å²) in [5, 5.41) is 7.65. The zero-order valence-electron chi connectivity index (χ0n) is 14.0. The Morgan fingerprint density at radius 2 is 1.96 bits per heavy atom. The van der Waals surface area contributed by atoms with Crippen LogP contribution in [-0.2, 0) is 12.7 Å². The van der Waals surface area contributed by atoms with Crippen molar-refractivity contribution in [2.75, 3.05) is 13.1 Å². The second-order valence-electron chi connectivity index (χ2n) is 6.41. The molecule has 0 atom stereocenters. The van der Waals surface area contributed by atoms with Crippen molar-refractivity contribution in [2.24, 2.45) is 10.4 Å². The van der Waals surface area contributed by atoms with Crippen LogP contribution in [0.4, 0.5) is 13.2 Å². The van der Waals surface area contributed by atoms with Gasteiger partial charge in [0, 0.05) is 18.5 Å². The number of aliphatic imine (C=N–C) groups is 1. The second-order valence-corrected chi connectivity index (χ2v) is 7.35. The maximum Gasteiger partial charge on any atom is 0.434 e. The highest BCUT2D eigenvalue weighted by Crippen LogP contribution is 2.30. The van der Waals surface area contributed by atoms with Gasteiger partial charge in [0.05, 0.1) is 6.54 Å². The summed E-state index contributed by atoms with van der Waals surface area (Å²) in [6.45, 7) is 10.1. The molecule has 4 nitrogen and oxygen atoms in total. The molecular weight excluding hydrogens is 325 g/mol. The number of aromatic nitrogens is 1. The Morgan fingerprint density at radius 3 is 2.48 bits per heavy atom. The first-order valence-electron chi connectivity index (χ1n) is 7.65. The Bertz CT molecular complexity index is 504. The van der Waals surface area contributed by atoms with Gasteiger partial charge in [0.15, 0.2) is 11.7 Å². The fraction of sp³-hybridized carbons (Fsp3) is 0.733. The summed E-state index contributed by atoms with van der Waals surface area (Å²) in [5.41, 5.74) is -0.567. The maximum atomic E-state index is 12.5. The van der Waals surface area contributed by atoms with E-state index in [1.807, 2.05) is 6.92 Å². The number of hydrogen-bond acceptors (Lipinski definition) is 3. The summed E-state index contributed by atoms with van der Waals surface area (Å²) in [5.74, 6) is 0.602. The summed E-state index contributed by atoms with van der Waals surface area (Å²) < 4.78 is 37.5. The average Bonchev–Trinajstić information content (AvgIpc) is 2.88. The molecule has 0 aliphatic carbocycles. The minimum absolute atomic E-state index is 0.134. The Hall–Kier alpha value is -1.31. The molecule has 1 aromatic rings. The first-order chi connectivity index (χ1) is 10.6. The van der Waals surface area contributed by atoms with E-state index in [0.29, 0.717) is 17.5 Å². The van der Waals surface area contributed by atoms with Gasteiger partial charge >= 0.3 is 6.18 Å². The van der Waals surface area contributed by atoms with E-state index in [4.69, 9.17) is 0 Å². The Morgan fingerprint density at radius 1 is 1.26 bits per heavy atom. The van der Waals surface area contributed by atoms with Crippen LogP contribution in [0.3, 0.4) is 0 Å². The van der Waals surface area contributed by atoms with Gasteiger partial charge in [-0.1, -0.05) is 20.8 Å². The smallest absolute Gasteiger partial charge is 0.357 e. The number of guanidine groups is 1. The first kappa shape index (κ1) is 19.7. The topological polar surface area (TPSA) is 49.3 Å². The quantitative estimate of drug-likeness (QED) is 0.462. The number of nitrogens with one attached hydrogen (secondary N) is 2. The molecule has 2 N–H and O–H groups in total. The van der Waals surface area contributed by atoms with E-state index in [2.05, 4.69) is 41.4 Å². The van der Waals surface area contributed by atoms with Crippen LogP contribution in [0.25, 0.3) is 0 Å². The monoisotopic (exact) mass is 350 g/mol. The van der Waals surface area contributed by atoms with Crippen molar-refractivity contribution in [3.05, 3.63) is 16.1 Å². The summed E-state index contributed by atoms with van der Waals surface area (Å²) in [6.07, 6.45) is -2.31. The zero-order chi connectivity index (χ0) is 17.5. The van der Waals surface area contributed by atoms with Crippen LogP contribution in [0.2, 0.25) is 0 Å². The van der Waals surface area contributed by atoms with E-state index in [1.165, 1.54) is 0 Å². The lowest BCUT2D eigenvalue weighted by Crippen LogP contribution is -2.38. The molecule has 1 aromatic heterocycles. The molecule has 0 radical (unpaired) electrons. The zero-order valence-corrected chi connectivity index (χ0v) is 14.9. The fourth-order valence-electron chi connectivity index (χ4n) is 1.83. The van der Waals surface area contributed by atoms with Crippen LogP contribution in [0.5, 0.6) is 0 Å². The van der Waals surface area contributed by atoms with E-state index in [0.717, 1.165) is 36.1 Å². The van der Waals surface area contributed by atoms with Gasteiger partial charge in [0.1, 0.15) is 5.01 Å². The molecule has 1 rings (SSSR count). The van der Waals surface area contributed by atoms with Crippen LogP contribution in [0.1, 0.15) is 51.2 Å². The normalized spacial score (nSPS) is 13.3. The SMILES string of the molecule is CCNC(=NCc1nc(C(F)(F)F)cs1)NCCCC(C)(C)C. The molecule has 0 unspecified atom stereocenters. The van der Waals surface area contributed by atoms with Gasteiger partial charge in [0.25, 0.3) is 0 Å². The highest BCUT2D eigenvalue weighted by atomic mass is 32.1. The van der Waals surface area contributed by atoms with Crippen molar-refractivity contribution < 1.29 is 13.2 Å². The van der Waals surface area contributed by atoms with E-state index in [1.54, 1.807) is 0 Å². The van der Waals surface area contributed by atoms with Crippen molar-refractivity contribution in [1.29, 1.82) is 0 Å². The number of thiazole rings is 1. The first-order valence-corrected chi connectivity index (χ1v) is 8.53. The molecule has 0 bridgehead atoms. The summed E-state index contributed by atoms with van der Waals surface area (Å²) in [7, 11) is 0. The molecule has 0 fully saturated rings. The van der Waals surface area contributed by atoms with Gasteiger partial charge < -0.3 is 10.6 Å². The molecule has 0 aromatic carbocycles.